The summed E-state index contributed by atoms with van der Waals surface area (Å²) in [5.41, 5.74) is 1.81. The minimum absolute atomic E-state index is 0.123. The molecule has 2 aromatic carbocycles. The van der Waals surface area contributed by atoms with Crippen molar-refractivity contribution >= 4 is 28.3 Å². The Morgan fingerprint density at radius 1 is 1.11 bits per heavy atom. The Morgan fingerprint density at radius 3 is 2.53 bits per heavy atom. The molecule has 5 heterocycles. The Kier molecular flexibility index (Phi) is 7.02. The molecule has 5 atom stereocenters. The standard InChI is InChI=1S/C31H38ClN3O3/c1-3-20-19-35-13-10-21(20)16-28(35)30(36)26-18-29(33-27-9-8-24(38-2)17-25(26)27)34-14-11-31(37,12-15-34)22-4-6-23(32)7-5-22/h4-9,17-18,20-21,28,30,36-37H,3,10-16,19H2,1-2H3/t20-,21-,28-,30+/m0/s1. The number of nitrogens with zero attached hydrogens (tertiary/aromatic N) is 3. The number of benzene rings is 2. The molecule has 1 unspecified atom stereocenters. The van der Waals surface area contributed by atoms with Crippen LogP contribution in [0.4, 0.5) is 5.82 Å². The molecule has 1 aromatic heterocycles. The summed E-state index contributed by atoms with van der Waals surface area (Å²) in [4.78, 5) is 9.77. The molecule has 6 nitrogen and oxygen atoms in total. The molecule has 7 rings (SSSR count). The molecule has 4 aliphatic rings. The lowest BCUT2D eigenvalue weighted by Gasteiger charge is -2.51. The van der Waals surface area contributed by atoms with Crippen LogP contribution < -0.4 is 9.64 Å². The zero-order valence-electron chi connectivity index (χ0n) is 22.3. The molecule has 4 aliphatic heterocycles. The van der Waals surface area contributed by atoms with Crippen LogP contribution in [0.25, 0.3) is 10.9 Å². The van der Waals surface area contributed by atoms with Gasteiger partial charge >= 0.3 is 0 Å². The number of aromatic nitrogens is 1. The molecular formula is C31H38ClN3O3. The summed E-state index contributed by atoms with van der Waals surface area (Å²) in [6, 6.07) is 15.7. The lowest BCUT2D eigenvalue weighted by molar-refractivity contribution is -0.0562. The monoisotopic (exact) mass is 535 g/mol. The number of aliphatic hydroxyl groups is 2. The van der Waals surface area contributed by atoms with Gasteiger partial charge in [-0.05, 0) is 91.6 Å². The van der Waals surface area contributed by atoms with E-state index < -0.39 is 11.7 Å². The highest BCUT2D eigenvalue weighted by Crippen LogP contribution is 2.44. The van der Waals surface area contributed by atoms with Crippen LogP contribution >= 0.6 is 11.6 Å². The number of aliphatic hydroxyl groups excluding tert-OH is 1. The largest absolute Gasteiger partial charge is 0.497 e. The fourth-order valence-corrected chi connectivity index (χ4v) is 7.21. The van der Waals surface area contributed by atoms with E-state index in [2.05, 4.69) is 22.8 Å². The molecule has 0 aliphatic carbocycles. The third-order valence-electron chi connectivity index (χ3n) is 9.47. The Bertz CT molecular complexity index is 1290. The zero-order valence-corrected chi connectivity index (χ0v) is 23.1. The molecule has 7 heteroatoms. The van der Waals surface area contributed by atoms with Gasteiger partial charge in [-0.2, -0.15) is 0 Å². The molecule has 4 saturated heterocycles. The van der Waals surface area contributed by atoms with Crippen molar-refractivity contribution in [1.82, 2.24) is 9.88 Å². The van der Waals surface area contributed by atoms with Crippen LogP contribution in [-0.2, 0) is 5.60 Å². The van der Waals surface area contributed by atoms with Gasteiger partial charge in [-0.25, -0.2) is 4.98 Å². The summed E-state index contributed by atoms with van der Waals surface area (Å²) >= 11 is 6.07. The van der Waals surface area contributed by atoms with Crippen LogP contribution in [0.3, 0.4) is 0 Å². The summed E-state index contributed by atoms with van der Waals surface area (Å²) in [7, 11) is 1.67. The number of piperidine rings is 4. The molecule has 0 saturated carbocycles. The summed E-state index contributed by atoms with van der Waals surface area (Å²) in [5, 5.41) is 24.9. The van der Waals surface area contributed by atoms with Gasteiger partial charge in [0.25, 0.3) is 0 Å². The molecular weight excluding hydrogens is 498 g/mol. The predicted octanol–water partition coefficient (Wildman–Crippen LogP) is 5.54. The molecule has 38 heavy (non-hydrogen) atoms. The maximum Gasteiger partial charge on any atom is 0.129 e. The van der Waals surface area contributed by atoms with Gasteiger partial charge in [-0.3, -0.25) is 4.90 Å². The summed E-state index contributed by atoms with van der Waals surface area (Å²) < 4.78 is 5.53. The Hall–Kier alpha value is -2.38. The van der Waals surface area contributed by atoms with Crippen molar-refractivity contribution in [3.8, 4) is 5.75 Å². The molecule has 2 N–H and O–H groups in total. The number of methoxy groups -OCH3 is 1. The molecule has 0 amide bonds. The lowest BCUT2D eigenvalue weighted by atomic mass is 9.72. The molecule has 202 valence electrons. The lowest BCUT2D eigenvalue weighted by Crippen LogP contribution is -2.55. The Morgan fingerprint density at radius 2 is 1.87 bits per heavy atom. The number of rotatable bonds is 6. The summed E-state index contributed by atoms with van der Waals surface area (Å²) in [5.74, 6) is 3.06. The molecule has 4 fully saturated rings. The number of hydrogen-bond donors (Lipinski definition) is 2. The number of halogens is 1. The topological polar surface area (TPSA) is 69.1 Å². The fraction of sp³-hybridized carbons (Fsp3) is 0.516. The van der Waals surface area contributed by atoms with E-state index in [1.165, 1.54) is 12.8 Å². The van der Waals surface area contributed by atoms with Crippen molar-refractivity contribution in [2.45, 2.75) is 56.8 Å². The second kappa shape index (κ2) is 10.3. The van der Waals surface area contributed by atoms with E-state index >= 15 is 0 Å². The highest BCUT2D eigenvalue weighted by Gasteiger charge is 2.43. The van der Waals surface area contributed by atoms with E-state index in [9.17, 15) is 10.2 Å². The van der Waals surface area contributed by atoms with E-state index in [1.807, 2.05) is 42.5 Å². The van der Waals surface area contributed by atoms with Gasteiger partial charge in [0.2, 0.25) is 0 Å². The zero-order chi connectivity index (χ0) is 26.4. The van der Waals surface area contributed by atoms with Gasteiger partial charge in [0, 0.05) is 36.1 Å². The molecule has 3 aromatic rings. The third kappa shape index (κ3) is 4.66. The minimum Gasteiger partial charge on any atom is -0.497 e. The number of fused-ring (bicyclic) bond motifs is 4. The second-order valence-electron chi connectivity index (χ2n) is 11.4. The van der Waals surface area contributed by atoms with Crippen molar-refractivity contribution in [2.24, 2.45) is 11.8 Å². The highest BCUT2D eigenvalue weighted by molar-refractivity contribution is 6.30. The van der Waals surface area contributed by atoms with E-state index in [1.54, 1.807) is 7.11 Å². The van der Waals surface area contributed by atoms with E-state index in [0.29, 0.717) is 36.9 Å². The first kappa shape index (κ1) is 25.9. The second-order valence-corrected chi connectivity index (χ2v) is 11.9. The van der Waals surface area contributed by atoms with Crippen LogP contribution in [0.2, 0.25) is 5.02 Å². The Balaban J connectivity index is 1.30. The van der Waals surface area contributed by atoms with Crippen molar-refractivity contribution in [3.05, 3.63) is 64.7 Å². The number of pyridine rings is 1. The van der Waals surface area contributed by atoms with Gasteiger partial charge in [0.15, 0.2) is 0 Å². The maximum absolute atomic E-state index is 11.9. The van der Waals surface area contributed by atoms with E-state index in [0.717, 1.165) is 59.0 Å². The third-order valence-corrected chi connectivity index (χ3v) is 9.73. The molecule has 2 bridgehead atoms. The van der Waals surface area contributed by atoms with Gasteiger partial charge in [-0.15, -0.1) is 0 Å². The average Bonchev–Trinajstić information content (AvgIpc) is 2.96. The van der Waals surface area contributed by atoms with Crippen LogP contribution in [0.1, 0.15) is 56.3 Å². The van der Waals surface area contributed by atoms with Crippen molar-refractivity contribution in [3.63, 3.8) is 0 Å². The smallest absolute Gasteiger partial charge is 0.129 e. The number of hydrogen-bond acceptors (Lipinski definition) is 6. The van der Waals surface area contributed by atoms with Crippen molar-refractivity contribution in [2.75, 3.05) is 38.2 Å². The minimum atomic E-state index is -0.877. The van der Waals surface area contributed by atoms with Crippen molar-refractivity contribution in [1.29, 1.82) is 0 Å². The first-order valence-electron chi connectivity index (χ1n) is 14.0. The quantitative estimate of drug-likeness (QED) is 0.432. The van der Waals surface area contributed by atoms with Crippen LogP contribution in [-0.4, -0.2) is 59.4 Å². The Labute approximate surface area is 230 Å². The first-order valence-corrected chi connectivity index (χ1v) is 14.4. The van der Waals surface area contributed by atoms with E-state index in [-0.39, 0.29) is 6.04 Å². The highest BCUT2D eigenvalue weighted by atomic mass is 35.5. The number of ether oxygens (including phenoxy) is 1. The fourth-order valence-electron chi connectivity index (χ4n) is 7.08. The first-order chi connectivity index (χ1) is 18.4. The average molecular weight is 536 g/mol. The number of anilines is 1. The van der Waals surface area contributed by atoms with Gasteiger partial charge in [0.1, 0.15) is 11.6 Å². The molecule has 0 radical (unpaired) electrons. The van der Waals surface area contributed by atoms with Crippen LogP contribution in [0.15, 0.2) is 48.5 Å². The van der Waals surface area contributed by atoms with Crippen molar-refractivity contribution < 1.29 is 14.9 Å². The van der Waals surface area contributed by atoms with Gasteiger partial charge in [-0.1, -0.05) is 37.1 Å². The van der Waals surface area contributed by atoms with Crippen LogP contribution in [0.5, 0.6) is 5.75 Å². The normalized spacial score (nSPS) is 27.4. The maximum atomic E-state index is 11.9. The van der Waals surface area contributed by atoms with Crippen LogP contribution in [0, 0.1) is 11.8 Å². The summed E-state index contributed by atoms with van der Waals surface area (Å²) in [6.45, 7) is 5.80. The van der Waals surface area contributed by atoms with Gasteiger partial charge < -0.3 is 19.8 Å². The molecule has 0 spiro atoms. The summed E-state index contributed by atoms with van der Waals surface area (Å²) in [6.07, 6.45) is 4.10. The SMILES string of the molecule is CC[C@H]1CN2CC[C@H]1C[C@H]2[C@H](O)c1cc(N2CCC(O)(c3ccc(Cl)cc3)CC2)nc2ccc(OC)cc12. The van der Waals surface area contributed by atoms with Gasteiger partial charge in [0.05, 0.1) is 24.3 Å². The van der Waals surface area contributed by atoms with E-state index in [4.69, 9.17) is 21.3 Å². The predicted molar refractivity (Wildman–Crippen MR) is 152 cm³/mol.